The van der Waals surface area contributed by atoms with Crippen molar-refractivity contribution in [3.05, 3.63) is 12.2 Å². The average Bonchev–Trinajstić information content (AvgIpc) is 3.20. The minimum Gasteiger partial charge on any atom is -0.466 e. The summed E-state index contributed by atoms with van der Waals surface area (Å²) in [4.78, 5) is 24.4. The highest BCUT2D eigenvalue weighted by Gasteiger charge is 2.20. The van der Waals surface area contributed by atoms with E-state index in [1.54, 1.807) is 0 Å². The minimum absolute atomic E-state index is 0.0312. The third-order valence-corrected chi connectivity index (χ3v) is 11.6. The molecule has 0 aromatic rings. The highest BCUT2D eigenvalue weighted by atomic mass is 16.5. The molecule has 3 N–H and O–H groups in total. The van der Waals surface area contributed by atoms with Crippen molar-refractivity contribution in [3.63, 3.8) is 0 Å². The maximum Gasteiger partial charge on any atom is 0.305 e. The van der Waals surface area contributed by atoms with Gasteiger partial charge in [0.15, 0.2) is 0 Å². The molecule has 0 saturated carbocycles. The molecule has 0 bridgehead atoms. The van der Waals surface area contributed by atoms with Gasteiger partial charge in [-0.15, -0.1) is 0 Å². The lowest BCUT2D eigenvalue weighted by Crippen LogP contribution is -2.45. The van der Waals surface area contributed by atoms with Gasteiger partial charge in [0.05, 0.1) is 25.4 Å². The van der Waals surface area contributed by atoms with Crippen molar-refractivity contribution in [2.24, 2.45) is 0 Å². The molecule has 6 heteroatoms. The number of amides is 1. The first kappa shape index (κ1) is 54.6. The number of carbonyl (C=O) groups is 2. The fourth-order valence-corrected chi connectivity index (χ4v) is 7.69. The summed E-state index contributed by atoms with van der Waals surface area (Å²) < 4.78 is 5.42. The smallest absolute Gasteiger partial charge is 0.305 e. The van der Waals surface area contributed by atoms with E-state index in [0.29, 0.717) is 25.9 Å². The highest BCUT2D eigenvalue weighted by Crippen LogP contribution is 2.16. The number of rotatable bonds is 46. The lowest BCUT2D eigenvalue weighted by atomic mass is 10.0. The van der Waals surface area contributed by atoms with Crippen molar-refractivity contribution in [2.45, 2.75) is 283 Å². The van der Waals surface area contributed by atoms with Crippen molar-refractivity contribution in [1.82, 2.24) is 5.32 Å². The molecule has 6 nitrogen and oxygen atoms in total. The van der Waals surface area contributed by atoms with Gasteiger partial charge in [0.1, 0.15) is 0 Å². The van der Waals surface area contributed by atoms with Gasteiger partial charge in [0.2, 0.25) is 5.91 Å². The van der Waals surface area contributed by atoms with Crippen LogP contribution in [0.4, 0.5) is 0 Å². The van der Waals surface area contributed by atoms with Crippen molar-refractivity contribution in [2.75, 3.05) is 13.2 Å². The Morgan fingerprint density at radius 1 is 0.482 bits per heavy atom. The Morgan fingerprint density at radius 2 is 0.839 bits per heavy atom. The van der Waals surface area contributed by atoms with Crippen LogP contribution in [-0.4, -0.2) is 47.4 Å². The van der Waals surface area contributed by atoms with Crippen LogP contribution in [0.25, 0.3) is 0 Å². The molecular formula is C50H97NO5. The SMILES string of the molecule is CCCCCCCCCCCCCCCCCCCC(O)C(CO)NC(=O)CCCCCCC/C=C\CCCCOC(=O)CCCCCCCCCCCCC. The van der Waals surface area contributed by atoms with E-state index in [2.05, 4.69) is 31.3 Å². The second kappa shape index (κ2) is 46.3. The van der Waals surface area contributed by atoms with Crippen molar-refractivity contribution in [1.29, 1.82) is 0 Å². The maximum atomic E-state index is 12.4. The number of aliphatic hydroxyl groups excluding tert-OH is 2. The van der Waals surface area contributed by atoms with E-state index < -0.39 is 12.1 Å². The molecule has 0 rings (SSSR count). The van der Waals surface area contributed by atoms with E-state index in [9.17, 15) is 19.8 Å². The lowest BCUT2D eigenvalue weighted by Gasteiger charge is -2.22. The van der Waals surface area contributed by atoms with E-state index in [-0.39, 0.29) is 18.5 Å². The molecule has 0 aliphatic heterocycles. The Kier molecular flexibility index (Phi) is 45.1. The van der Waals surface area contributed by atoms with Gasteiger partial charge in [-0.25, -0.2) is 0 Å². The second-order valence-corrected chi connectivity index (χ2v) is 17.1. The van der Waals surface area contributed by atoms with Gasteiger partial charge in [0, 0.05) is 12.8 Å². The van der Waals surface area contributed by atoms with E-state index in [1.165, 1.54) is 161 Å². The Labute approximate surface area is 349 Å². The summed E-state index contributed by atoms with van der Waals surface area (Å²) in [6.45, 7) is 4.87. The average molecular weight is 792 g/mol. The first-order chi connectivity index (χ1) is 27.5. The van der Waals surface area contributed by atoms with Crippen LogP contribution in [0.5, 0.6) is 0 Å². The third kappa shape index (κ3) is 42.2. The molecule has 0 aromatic carbocycles. The Bertz CT molecular complexity index is 832. The summed E-state index contributed by atoms with van der Waals surface area (Å²) in [6, 6.07) is -0.561. The van der Waals surface area contributed by atoms with Crippen LogP contribution in [0.2, 0.25) is 0 Å². The summed E-state index contributed by atoms with van der Waals surface area (Å²) in [5.41, 5.74) is 0. The summed E-state index contributed by atoms with van der Waals surface area (Å²) in [6.07, 6.45) is 51.8. The number of ether oxygens (including phenoxy) is 1. The number of nitrogens with one attached hydrogen (secondary N) is 1. The Balaban J connectivity index is 3.52. The molecule has 0 radical (unpaired) electrons. The van der Waals surface area contributed by atoms with Crippen LogP contribution in [0.1, 0.15) is 271 Å². The number of hydrogen-bond acceptors (Lipinski definition) is 5. The van der Waals surface area contributed by atoms with Crippen LogP contribution >= 0.6 is 0 Å². The zero-order valence-electron chi connectivity index (χ0n) is 37.6. The van der Waals surface area contributed by atoms with E-state index >= 15 is 0 Å². The van der Waals surface area contributed by atoms with Gasteiger partial charge in [-0.3, -0.25) is 9.59 Å². The number of esters is 1. The van der Waals surface area contributed by atoms with Gasteiger partial charge in [0.25, 0.3) is 0 Å². The van der Waals surface area contributed by atoms with Crippen LogP contribution < -0.4 is 5.32 Å². The largest absolute Gasteiger partial charge is 0.466 e. The Morgan fingerprint density at radius 3 is 1.27 bits per heavy atom. The molecule has 0 heterocycles. The number of unbranched alkanes of at least 4 members (excludes halogenated alkanes) is 33. The highest BCUT2D eigenvalue weighted by molar-refractivity contribution is 5.76. The molecule has 1 amide bonds. The molecule has 2 unspecified atom stereocenters. The predicted octanol–water partition coefficient (Wildman–Crippen LogP) is 14.6. The topological polar surface area (TPSA) is 95.9 Å². The number of carbonyl (C=O) groups excluding carboxylic acids is 2. The lowest BCUT2D eigenvalue weighted by molar-refractivity contribution is -0.143. The van der Waals surface area contributed by atoms with Crippen molar-refractivity contribution in [3.8, 4) is 0 Å². The van der Waals surface area contributed by atoms with E-state index in [1.807, 2.05) is 0 Å². The summed E-state index contributed by atoms with van der Waals surface area (Å²) in [5.74, 6) is -0.0937. The first-order valence-corrected chi connectivity index (χ1v) is 24.9. The van der Waals surface area contributed by atoms with Crippen LogP contribution in [0, 0.1) is 0 Å². The van der Waals surface area contributed by atoms with Crippen LogP contribution in [-0.2, 0) is 14.3 Å². The molecule has 0 spiro atoms. The number of aliphatic hydroxyl groups is 2. The molecule has 0 aliphatic carbocycles. The molecule has 2 atom stereocenters. The summed E-state index contributed by atoms with van der Waals surface area (Å²) in [5, 5.41) is 23.2. The molecule has 0 saturated heterocycles. The molecule has 0 fully saturated rings. The predicted molar refractivity (Wildman–Crippen MR) is 241 cm³/mol. The molecular weight excluding hydrogens is 695 g/mol. The van der Waals surface area contributed by atoms with Gasteiger partial charge >= 0.3 is 5.97 Å². The monoisotopic (exact) mass is 792 g/mol. The van der Waals surface area contributed by atoms with Crippen molar-refractivity contribution >= 4 is 11.9 Å². The maximum absolute atomic E-state index is 12.4. The second-order valence-electron chi connectivity index (χ2n) is 17.1. The molecule has 0 aliphatic rings. The van der Waals surface area contributed by atoms with Gasteiger partial charge in [-0.05, 0) is 51.4 Å². The standard InChI is InChI=1S/C50H97NO5/c1-3-5-7-9-11-13-15-16-17-18-19-20-23-26-30-34-38-42-48(53)47(46-52)51-49(54)43-39-35-31-27-24-21-25-29-33-37-41-45-56-50(55)44-40-36-32-28-22-14-12-10-8-6-4-2/h25,29,47-48,52-53H,3-24,26-28,30-46H2,1-2H3,(H,51,54)/b29-25-. The normalized spacial score (nSPS) is 12.7. The molecule has 56 heavy (non-hydrogen) atoms. The zero-order valence-corrected chi connectivity index (χ0v) is 37.6. The van der Waals surface area contributed by atoms with E-state index in [4.69, 9.17) is 4.74 Å². The molecule has 0 aromatic heterocycles. The minimum atomic E-state index is -0.681. The zero-order chi connectivity index (χ0) is 40.8. The summed E-state index contributed by atoms with van der Waals surface area (Å²) in [7, 11) is 0. The third-order valence-electron chi connectivity index (χ3n) is 11.6. The Hall–Kier alpha value is -1.40. The van der Waals surface area contributed by atoms with Crippen LogP contribution in [0.3, 0.4) is 0 Å². The fourth-order valence-electron chi connectivity index (χ4n) is 7.69. The van der Waals surface area contributed by atoms with E-state index in [0.717, 1.165) is 77.0 Å². The number of hydrogen-bond donors (Lipinski definition) is 3. The number of allylic oxidation sites excluding steroid dienone is 2. The van der Waals surface area contributed by atoms with Gasteiger partial charge < -0.3 is 20.3 Å². The van der Waals surface area contributed by atoms with Crippen LogP contribution in [0.15, 0.2) is 12.2 Å². The van der Waals surface area contributed by atoms with Gasteiger partial charge in [-0.2, -0.15) is 0 Å². The van der Waals surface area contributed by atoms with Gasteiger partial charge in [-0.1, -0.05) is 219 Å². The first-order valence-electron chi connectivity index (χ1n) is 24.9. The quantitative estimate of drug-likeness (QED) is 0.0324. The summed E-state index contributed by atoms with van der Waals surface area (Å²) >= 11 is 0. The fraction of sp³-hybridized carbons (Fsp3) is 0.920. The van der Waals surface area contributed by atoms with Crippen molar-refractivity contribution < 1.29 is 24.5 Å². The molecule has 332 valence electrons.